The first-order valence-corrected chi connectivity index (χ1v) is 8.66. The summed E-state index contributed by atoms with van der Waals surface area (Å²) >= 11 is 0. The number of ether oxygens (including phenoxy) is 3. The molecule has 9 heteroatoms. The smallest absolute Gasteiger partial charge is 0.333 e. The molecule has 2 heterocycles. The van der Waals surface area contributed by atoms with Gasteiger partial charge in [-0.25, -0.2) is 9.78 Å². The average molecular weight is 386 g/mol. The van der Waals surface area contributed by atoms with Crippen LogP contribution in [0.25, 0.3) is 0 Å². The molecule has 0 saturated heterocycles. The Morgan fingerprint density at radius 2 is 1.89 bits per heavy atom. The van der Waals surface area contributed by atoms with Crippen LogP contribution in [0, 0.1) is 0 Å². The molecule has 0 bridgehead atoms. The van der Waals surface area contributed by atoms with Crippen LogP contribution in [0.5, 0.6) is 17.2 Å². The number of nitrogens with one attached hydrogen (secondary N) is 1. The van der Waals surface area contributed by atoms with Crippen molar-refractivity contribution in [2.75, 3.05) is 38.1 Å². The van der Waals surface area contributed by atoms with Gasteiger partial charge in [0, 0.05) is 36.8 Å². The molecule has 2 aromatic rings. The first-order valence-electron chi connectivity index (χ1n) is 8.66. The van der Waals surface area contributed by atoms with E-state index in [1.54, 1.807) is 44.8 Å². The van der Waals surface area contributed by atoms with Crippen molar-refractivity contribution in [2.45, 2.75) is 12.8 Å². The Bertz CT molecular complexity index is 875. The number of aromatic nitrogens is 2. The number of carboxylic acids is 1. The molecule has 1 aliphatic heterocycles. The number of nitrogens with zero attached hydrogens (tertiary/aromatic N) is 3. The molecule has 0 spiro atoms. The Labute approximate surface area is 162 Å². The zero-order chi connectivity index (χ0) is 20.1. The van der Waals surface area contributed by atoms with E-state index in [0.717, 1.165) is 6.42 Å². The summed E-state index contributed by atoms with van der Waals surface area (Å²) in [6, 6.07) is 5.24. The molecule has 0 fully saturated rings. The number of carbonyl (C=O) groups is 1. The highest BCUT2D eigenvalue weighted by Crippen LogP contribution is 2.40. The normalized spacial score (nSPS) is 13.5. The molecule has 0 amide bonds. The minimum Gasteiger partial charge on any atom is -0.493 e. The van der Waals surface area contributed by atoms with Gasteiger partial charge in [0.2, 0.25) is 11.7 Å². The number of rotatable bonds is 7. The molecule has 1 aromatic carbocycles. The van der Waals surface area contributed by atoms with Crippen LogP contribution in [-0.2, 0) is 4.79 Å². The van der Waals surface area contributed by atoms with E-state index in [2.05, 4.69) is 15.3 Å². The van der Waals surface area contributed by atoms with Crippen molar-refractivity contribution in [1.82, 2.24) is 9.97 Å². The summed E-state index contributed by atoms with van der Waals surface area (Å²) in [6.45, 7) is 0.692. The predicted octanol–water partition coefficient (Wildman–Crippen LogP) is 2.81. The number of hydrogen-bond acceptors (Lipinski definition) is 8. The van der Waals surface area contributed by atoms with Gasteiger partial charge in [-0.3, -0.25) is 0 Å². The van der Waals surface area contributed by atoms with E-state index < -0.39 is 5.97 Å². The molecule has 0 radical (unpaired) electrons. The summed E-state index contributed by atoms with van der Waals surface area (Å²) in [4.78, 5) is 21.8. The quantitative estimate of drug-likeness (QED) is 0.743. The molecule has 1 aromatic heterocycles. The number of anilines is 3. The maximum absolute atomic E-state index is 11.2. The summed E-state index contributed by atoms with van der Waals surface area (Å²) in [6.07, 6.45) is 4.54. The van der Waals surface area contributed by atoms with Crippen LogP contribution >= 0.6 is 0 Å². The Balaban J connectivity index is 1.87. The van der Waals surface area contributed by atoms with Gasteiger partial charge < -0.3 is 29.5 Å². The van der Waals surface area contributed by atoms with Crippen LogP contribution in [-0.4, -0.2) is 48.9 Å². The Morgan fingerprint density at radius 3 is 2.50 bits per heavy atom. The molecule has 9 nitrogen and oxygen atoms in total. The second-order valence-electron chi connectivity index (χ2n) is 6.03. The van der Waals surface area contributed by atoms with Crippen molar-refractivity contribution in [2.24, 2.45) is 0 Å². The van der Waals surface area contributed by atoms with Gasteiger partial charge in [-0.2, -0.15) is 4.98 Å². The summed E-state index contributed by atoms with van der Waals surface area (Å²) in [5.41, 5.74) is 1.02. The van der Waals surface area contributed by atoms with Gasteiger partial charge in [0.25, 0.3) is 0 Å². The second kappa shape index (κ2) is 8.47. The van der Waals surface area contributed by atoms with Crippen molar-refractivity contribution in [3.8, 4) is 17.2 Å². The zero-order valence-corrected chi connectivity index (χ0v) is 15.9. The lowest BCUT2D eigenvalue weighted by atomic mass is 10.1. The summed E-state index contributed by atoms with van der Waals surface area (Å²) in [5, 5.41) is 12.3. The molecule has 0 saturated carbocycles. The van der Waals surface area contributed by atoms with E-state index in [0.29, 0.717) is 53.2 Å². The van der Waals surface area contributed by atoms with Gasteiger partial charge in [0.15, 0.2) is 11.5 Å². The first kappa shape index (κ1) is 19.3. The van der Waals surface area contributed by atoms with E-state index in [1.807, 2.05) is 4.90 Å². The lowest BCUT2D eigenvalue weighted by Gasteiger charge is -2.24. The standard InChI is InChI=1S/C19H22N4O5/c1-26-14-9-13(10-15(27-2)17(14)28-3)21-19-20-7-6-16(22-19)23-8-4-5-12(11-23)18(24)25/h6-7,9-11H,4-5,8H2,1-3H3,(H,24,25)(H,20,21,22). The Hall–Kier alpha value is -3.49. The summed E-state index contributed by atoms with van der Waals surface area (Å²) in [5.74, 6) is 1.57. The second-order valence-corrected chi connectivity index (χ2v) is 6.03. The molecule has 1 aliphatic rings. The largest absolute Gasteiger partial charge is 0.493 e. The lowest BCUT2D eigenvalue weighted by molar-refractivity contribution is -0.132. The number of carboxylic acid groups (broad SMARTS) is 1. The fourth-order valence-electron chi connectivity index (χ4n) is 2.95. The number of benzene rings is 1. The van der Waals surface area contributed by atoms with Crippen LogP contribution in [0.1, 0.15) is 12.8 Å². The fourth-order valence-corrected chi connectivity index (χ4v) is 2.95. The molecular weight excluding hydrogens is 364 g/mol. The van der Waals surface area contributed by atoms with Gasteiger partial charge in [0.05, 0.1) is 26.9 Å². The van der Waals surface area contributed by atoms with Gasteiger partial charge in [-0.05, 0) is 18.9 Å². The number of hydrogen-bond donors (Lipinski definition) is 2. The first-order chi connectivity index (χ1) is 13.5. The van der Waals surface area contributed by atoms with Crippen LogP contribution in [0.2, 0.25) is 0 Å². The molecular formula is C19H22N4O5. The minimum absolute atomic E-state index is 0.364. The molecule has 148 valence electrons. The molecule has 0 unspecified atom stereocenters. The average Bonchev–Trinajstić information content (AvgIpc) is 2.73. The maximum Gasteiger partial charge on any atom is 0.333 e. The number of methoxy groups -OCH3 is 3. The van der Waals surface area contributed by atoms with Gasteiger partial charge in [-0.15, -0.1) is 0 Å². The SMILES string of the molecule is COc1cc(Nc2nccc(N3C=C(C(=O)O)CCC3)n2)cc(OC)c1OC. The highest BCUT2D eigenvalue weighted by atomic mass is 16.5. The maximum atomic E-state index is 11.2. The van der Waals surface area contributed by atoms with E-state index >= 15 is 0 Å². The van der Waals surface area contributed by atoms with Crippen LogP contribution < -0.4 is 24.4 Å². The van der Waals surface area contributed by atoms with Crippen LogP contribution in [0.15, 0.2) is 36.2 Å². The third kappa shape index (κ3) is 4.08. The molecule has 28 heavy (non-hydrogen) atoms. The van der Waals surface area contributed by atoms with Crippen molar-refractivity contribution in [3.05, 3.63) is 36.2 Å². The molecule has 0 atom stereocenters. The monoisotopic (exact) mass is 386 g/mol. The molecule has 3 rings (SSSR count). The third-order valence-electron chi connectivity index (χ3n) is 4.29. The highest BCUT2D eigenvalue weighted by molar-refractivity contribution is 5.87. The minimum atomic E-state index is -0.908. The third-order valence-corrected chi connectivity index (χ3v) is 4.29. The zero-order valence-electron chi connectivity index (χ0n) is 15.9. The van der Waals surface area contributed by atoms with Gasteiger partial charge in [-0.1, -0.05) is 0 Å². The van der Waals surface area contributed by atoms with E-state index in [4.69, 9.17) is 14.2 Å². The fraction of sp³-hybridized carbons (Fsp3) is 0.316. The lowest BCUT2D eigenvalue weighted by Crippen LogP contribution is -2.25. The van der Waals surface area contributed by atoms with Crippen molar-refractivity contribution in [3.63, 3.8) is 0 Å². The van der Waals surface area contributed by atoms with E-state index in [-0.39, 0.29) is 0 Å². The van der Waals surface area contributed by atoms with Gasteiger partial charge >= 0.3 is 5.97 Å². The number of aliphatic carboxylic acids is 1. The molecule has 2 N–H and O–H groups in total. The summed E-state index contributed by atoms with van der Waals surface area (Å²) < 4.78 is 16.0. The molecule has 0 aliphatic carbocycles. The predicted molar refractivity (Wildman–Crippen MR) is 104 cm³/mol. The highest BCUT2D eigenvalue weighted by Gasteiger charge is 2.18. The van der Waals surface area contributed by atoms with Crippen LogP contribution in [0.4, 0.5) is 17.5 Å². The van der Waals surface area contributed by atoms with Crippen molar-refractivity contribution < 1.29 is 24.1 Å². The summed E-state index contributed by atoms with van der Waals surface area (Å²) in [7, 11) is 4.62. The Morgan fingerprint density at radius 1 is 1.18 bits per heavy atom. The van der Waals surface area contributed by atoms with Gasteiger partial charge in [0.1, 0.15) is 5.82 Å². The Kier molecular flexibility index (Phi) is 5.83. The van der Waals surface area contributed by atoms with Crippen LogP contribution in [0.3, 0.4) is 0 Å². The van der Waals surface area contributed by atoms with E-state index in [9.17, 15) is 9.90 Å². The van der Waals surface area contributed by atoms with E-state index in [1.165, 1.54) is 7.11 Å². The van der Waals surface area contributed by atoms with Crippen molar-refractivity contribution >= 4 is 23.4 Å². The van der Waals surface area contributed by atoms with Crippen molar-refractivity contribution in [1.29, 1.82) is 0 Å². The topological polar surface area (TPSA) is 106 Å².